The lowest BCUT2D eigenvalue weighted by Crippen LogP contribution is -2.30. The van der Waals surface area contributed by atoms with Crippen molar-refractivity contribution < 1.29 is 0 Å². The summed E-state index contributed by atoms with van der Waals surface area (Å²) in [4.78, 5) is 1.90. The van der Waals surface area contributed by atoms with E-state index in [2.05, 4.69) is 46.7 Å². The van der Waals surface area contributed by atoms with Gasteiger partial charge in [-0.05, 0) is 31.6 Å². The molecule has 2 aromatic heterocycles. The van der Waals surface area contributed by atoms with E-state index in [1.54, 1.807) is 6.20 Å². The molecule has 0 bridgehead atoms. The molecule has 0 saturated carbocycles. The summed E-state index contributed by atoms with van der Waals surface area (Å²) in [5.74, 6) is 0. The largest absolute Gasteiger partial charge is 0.346 e. The Morgan fingerprint density at radius 1 is 1.22 bits per heavy atom. The number of anilines is 1. The van der Waals surface area contributed by atoms with Crippen LogP contribution < -0.4 is 5.32 Å². The molecule has 1 aromatic carbocycles. The van der Waals surface area contributed by atoms with Crippen molar-refractivity contribution in [1.82, 2.24) is 24.5 Å². The van der Waals surface area contributed by atoms with E-state index in [4.69, 9.17) is 23.8 Å². The Morgan fingerprint density at radius 3 is 2.63 bits per heavy atom. The minimum absolute atomic E-state index is 0.537. The predicted molar refractivity (Wildman–Crippen MR) is 113 cm³/mol. The summed E-state index contributed by atoms with van der Waals surface area (Å²) in [7, 11) is 1.91. The average Bonchev–Trinajstić information content (AvgIpc) is 3.23. The minimum atomic E-state index is 0.537. The van der Waals surface area contributed by atoms with Crippen LogP contribution in [0.4, 0.5) is 5.69 Å². The van der Waals surface area contributed by atoms with E-state index in [1.165, 1.54) is 11.1 Å². The van der Waals surface area contributed by atoms with E-state index in [0.717, 1.165) is 17.9 Å². The molecule has 0 aliphatic carbocycles. The van der Waals surface area contributed by atoms with Crippen molar-refractivity contribution in [3.05, 3.63) is 64.7 Å². The van der Waals surface area contributed by atoms with Gasteiger partial charge in [0, 0.05) is 26.0 Å². The monoisotopic (exact) mass is 402 g/mol. The normalized spacial score (nSPS) is 10.8. The zero-order valence-electron chi connectivity index (χ0n) is 15.7. The van der Waals surface area contributed by atoms with Crippen LogP contribution in [0.15, 0.2) is 42.9 Å². The topological polar surface area (TPSA) is 50.9 Å². The van der Waals surface area contributed by atoms with Crippen molar-refractivity contribution in [2.45, 2.75) is 33.5 Å². The summed E-state index contributed by atoms with van der Waals surface area (Å²) in [6.45, 7) is 6.14. The molecule has 3 rings (SSSR count). The van der Waals surface area contributed by atoms with Gasteiger partial charge < -0.3 is 10.2 Å². The second-order valence-corrected chi connectivity index (χ2v) is 7.27. The fourth-order valence-corrected chi connectivity index (χ4v) is 3.01. The highest BCUT2D eigenvalue weighted by Crippen LogP contribution is 2.16. The van der Waals surface area contributed by atoms with Gasteiger partial charge in [0.25, 0.3) is 0 Å². The first-order valence-electron chi connectivity index (χ1n) is 8.76. The number of aromatic nitrogens is 4. The van der Waals surface area contributed by atoms with Gasteiger partial charge in [-0.25, -0.2) is 0 Å². The molecule has 3 aromatic rings. The Bertz CT molecular complexity index is 915. The fraction of sp³-hybridized carbons (Fsp3) is 0.316. The SMILES string of the molecule is CCn1cc(Cl)c(CN(C)C(=S)Nc2cnn(Cc3ccc(C)cc3)c2)n1. The first-order chi connectivity index (χ1) is 12.9. The van der Waals surface area contributed by atoms with Crippen molar-refractivity contribution in [1.29, 1.82) is 0 Å². The summed E-state index contributed by atoms with van der Waals surface area (Å²) in [6, 6.07) is 8.43. The van der Waals surface area contributed by atoms with Crippen molar-refractivity contribution in [3.8, 4) is 0 Å². The van der Waals surface area contributed by atoms with E-state index in [1.807, 2.05) is 40.6 Å². The molecule has 0 unspecified atom stereocenters. The quantitative estimate of drug-likeness (QED) is 0.633. The number of hydrogen-bond acceptors (Lipinski definition) is 3. The highest BCUT2D eigenvalue weighted by Gasteiger charge is 2.12. The van der Waals surface area contributed by atoms with Crippen molar-refractivity contribution in [2.24, 2.45) is 0 Å². The van der Waals surface area contributed by atoms with Gasteiger partial charge in [0.15, 0.2) is 5.11 Å². The van der Waals surface area contributed by atoms with E-state index < -0.39 is 0 Å². The third-order valence-corrected chi connectivity index (χ3v) is 4.92. The van der Waals surface area contributed by atoms with Gasteiger partial charge in [0.05, 0.1) is 30.0 Å². The second-order valence-electron chi connectivity index (χ2n) is 6.48. The average molecular weight is 403 g/mol. The van der Waals surface area contributed by atoms with Gasteiger partial charge in [-0.3, -0.25) is 9.36 Å². The number of benzene rings is 1. The Balaban J connectivity index is 1.58. The highest BCUT2D eigenvalue weighted by molar-refractivity contribution is 7.80. The number of rotatable bonds is 6. The lowest BCUT2D eigenvalue weighted by atomic mass is 10.1. The molecule has 0 saturated heterocycles. The third-order valence-electron chi connectivity index (χ3n) is 4.19. The van der Waals surface area contributed by atoms with Crippen LogP contribution in [-0.4, -0.2) is 36.6 Å². The lowest BCUT2D eigenvalue weighted by Gasteiger charge is -2.19. The molecule has 0 aliphatic rings. The molecule has 0 fully saturated rings. The fourth-order valence-electron chi connectivity index (χ4n) is 2.62. The molecule has 0 atom stereocenters. The number of aryl methyl sites for hydroxylation is 2. The zero-order valence-corrected chi connectivity index (χ0v) is 17.3. The Morgan fingerprint density at radius 2 is 1.96 bits per heavy atom. The van der Waals surface area contributed by atoms with Gasteiger partial charge in [-0.2, -0.15) is 10.2 Å². The summed E-state index contributed by atoms with van der Waals surface area (Å²) < 4.78 is 3.70. The van der Waals surface area contributed by atoms with Gasteiger partial charge >= 0.3 is 0 Å². The maximum Gasteiger partial charge on any atom is 0.173 e. The maximum atomic E-state index is 6.24. The van der Waals surface area contributed by atoms with Crippen LogP contribution in [0.2, 0.25) is 5.02 Å². The molecule has 142 valence electrons. The number of hydrogen-bond donors (Lipinski definition) is 1. The van der Waals surface area contributed by atoms with Gasteiger partial charge in [-0.1, -0.05) is 41.4 Å². The van der Waals surface area contributed by atoms with Gasteiger partial charge in [0.1, 0.15) is 5.69 Å². The van der Waals surface area contributed by atoms with Gasteiger partial charge in [0.2, 0.25) is 0 Å². The third kappa shape index (κ3) is 5.08. The molecule has 0 amide bonds. The standard InChI is InChI=1S/C19H23ClN6S/c1-4-25-12-17(20)18(23-25)13-24(3)19(27)22-16-9-21-26(11-16)10-15-7-5-14(2)6-8-15/h5-9,11-12H,4,10,13H2,1-3H3,(H,22,27). The molecule has 0 radical (unpaired) electrons. The number of halogens is 1. The van der Waals surface area contributed by atoms with Crippen molar-refractivity contribution in [3.63, 3.8) is 0 Å². The summed E-state index contributed by atoms with van der Waals surface area (Å²) in [5.41, 5.74) is 4.11. The Labute approximate surface area is 169 Å². The van der Waals surface area contributed by atoms with Crippen LogP contribution in [0.3, 0.4) is 0 Å². The molecule has 0 aliphatic heterocycles. The molecular weight excluding hydrogens is 380 g/mol. The Hall–Kier alpha value is -2.38. The minimum Gasteiger partial charge on any atom is -0.346 e. The second kappa shape index (κ2) is 8.54. The first kappa shape index (κ1) is 19.4. The van der Waals surface area contributed by atoms with Crippen LogP contribution in [0.25, 0.3) is 0 Å². The molecule has 2 heterocycles. The van der Waals surface area contributed by atoms with Gasteiger partial charge in [-0.15, -0.1) is 0 Å². The number of nitrogens with zero attached hydrogens (tertiary/aromatic N) is 5. The summed E-state index contributed by atoms with van der Waals surface area (Å²) in [5, 5.41) is 13.3. The smallest absolute Gasteiger partial charge is 0.173 e. The predicted octanol–water partition coefficient (Wildman–Crippen LogP) is 3.94. The van der Waals surface area contributed by atoms with Crippen molar-refractivity contribution in [2.75, 3.05) is 12.4 Å². The van der Waals surface area contributed by atoms with Crippen LogP contribution in [0.1, 0.15) is 23.7 Å². The van der Waals surface area contributed by atoms with E-state index in [0.29, 0.717) is 23.2 Å². The zero-order chi connectivity index (χ0) is 19.4. The van der Waals surface area contributed by atoms with E-state index in [9.17, 15) is 0 Å². The summed E-state index contributed by atoms with van der Waals surface area (Å²) >= 11 is 11.7. The number of thiocarbonyl (C=S) groups is 1. The highest BCUT2D eigenvalue weighted by atomic mass is 35.5. The molecule has 6 nitrogen and oxygen atoms in total. The van der Waals surface area contributed by atoms with Crippen LogP contribution >= 0.6 is 23.8 Å². The van der Waals surface area contributed by atoms with Crippen LogP contribution in [0, 0.1) is 6.92 Å². The molecular formula is C19H23ClN6S. The molecule has 27 heavy (non-hydrogen) atoms. The number of nitrogens with one attached hydrogen (secondary N) is 1. The van der Waals surface area contributed by atoms with Crippen molar-refractivity contribution >= 4 is 34.6 Å². The van der Waals surface area contributed by atoms with E-state index in [-0.39, 0.29) is 0 Å². The molecule has 0 spiro atoms. The first-order valence-corrected chi connectivity index (χ1v) is 9.55. The van der Waals surface area contributed by atoms with Crippen LogP contribution in [0.5, 0.6) is 0 Å². The molecule has 1 N–H and O–H groups in total. The summed E-state index contributed by atoms with van der Waals surface area (Å²) in [6.07, 6.45) is 5.54. The lowest BCUT2D eigenvalue weighted by molar-refractivity contribution is 0.492. The van der Waals surface area contributed by atoms with E-state index >= 15 is 0 Å². The molecule has 8 heteroatoms. The Kier molecular flexibility index (Phi) is 6.13. The maximum absolute atomic E-state index is 6.24. The van der Waals surface area contributed by atoms with Crippen LogP contribution in [-0.2, 0) is 19.6 Å².